The molecule has 5 nitrogen and oxygen atoms in total. The molecule has 2 fully saturated rings. The molecule has 2 aliphatic carbocycles. The third-order valence-electron chi connectivity index (χ3n) is 5.93. The highest BCUT2D eigenvalue weighted by atomic mass is 35.5. The number of carboxylic acids is 1. The van der Waals surface area contributed by atoms with E-state index in [0.29, 0.717) is 12.8 Å². The summed E-state index contributed by atoms with van der Waals surface area (Å²) < 4.78 is 58.4. The molecule has 2 saturated carbocycles. The summed E-state index contributed by atoms with van der Waals surface area (Å²) in [6.07, 6.45) is 1.56. The molecule has 1 aromatic carbocycles. The standard InChI is InChI=1S/C21H20ClF4NO4/c1-2-18(28)27(20(19(29)30)6-4-3-5-7-20)16-10-14(22)17(11-15(16)23)31-13-8-12(9-13)21(24,25)26/h1,10-13H,3-9H2,(H,29,30). The van der Waals surface area contributed by atoms with Gasteiger partial charge in [0.15, 0.2) is 5.82 Å². The Labute approximate surface area is 181 Å². The zero-order valence-corrected chi connectivity index (χ0v) is 17.1. The van der Waals surface area contributed by atoms with Crippen LogP contribution in [0.3, 0.4) is 0 Å². The van der Waals surface area contributed by atoms with Crippen LogP contribution in [0, 0.1) is 24.1 Å². The van der Waals surface area contributed by atoms with Gasteiger partial charge in [-0.2, -0.15) is 13.2 Å². The lowest BCUT2D eigenvalue weighted by Crippen LogP contribution is -2.58. The molecule has 0 spiro atoms. The summed E-state index contributed by atoms with van der Waals surface area (Å²) in [7, 11) is 0. The van der Waals surface area contributed by atoms with Crippen LogP contribution in [-0.2, 0) is 9.59 Å². The van der Waals surface area contributed by atoms with Gasteiger partial charge in [0.25, 0.3) is 0 Å². The summed E-state index contributed by atoms with van der Waals surface area (Å²) in [6.45, 7) is 0. The van der Waals surface area contributed by atoms with Crippen LogP contribution in [0.25, 0.3) is 0 Å². The van der Waals surface area contributed by atoms with Crippen molar-refractivity contribution in [2.24, 2.45) is 5.92 Å². The van der Waals surface area contributed by atoms with Crippen molar-refractivity contribution in [1.29, 1.82) is 0 Å². The predicted molar refractivity (Wildman–Crippen MR) is 104 cm³/mol. The zero-order chi connectivity index (χ0) is 23.0. The molecule has 0 aliphatic heterocycles. The lowest BCUT2D eigenvalue weighted by atomic mass is 9.79. The van der Waals surface area contributed by atoms with E-state index < -0.39 is 47.1 Å². The molecule has 0 heterocycles. The molecule has 0 atom stereocenters. The van der Waals surface area contributed by atoms with Crippen molar-refractivity contribution >= 4 is 29.2 Å². The van der Waals surface area contributed by atoms with E-state index in [9.17, 15) is 27.9 Å². The fourth-order valence-electron chi connectivity index (χ4n) is 4.16. The van der Waals surface area contributed by atoms with Crippen molar-refractivity contribution in [3.05, 3.63) is 23.0 Å². The monoisotopic (exact) mass is 461 g/mol. The Bertz CT molecular complexity index is 915. The van der Waals surface area contributed by atoms with E-state index in [0.717, 1.165) is 23.5 Å². The van der Waals surface area contributed by atoms with Crippen molar-refractivity contribution in [2.75, 3.05) is 4.90 Å². The minimum Gasteiger partial charge on any atom is -0.489 e. The van der Waals surface area contributed by atoms with E-state index in [1.54, 1.807) is 0 Å². The maximum absolute atomic E-state index is 15.0. The molecule has 1 amide bonds. The maximum Gasteiger partial charge on any atom is 0.392 e. The second kappa shape index (κ2) is 8.58. The summed E-state index contributed by atoms with van der Waals surface area (Å²) in [5.41, 5.74) is -2.13. The molecule has 0 aromatic heterocycles. The van der Waals surface area contributed by atoms with Gasteiger partial charge in [-0.3, -0.25) is 9.69 Å². The van der Waals surface area contributed by atoms with Crippen LogP contribution in [0.2, 0.25) is 5.02 Å². The summed E-state index contributed by atoms with van der Waals surface area (Å²) >= 11 is 6.16. The van der Waals surface area contributed by atoms with Crippen molar-refractivity contribution < 1.29 is 37.0 Å². The molecule has 10 heteroatoms. The van der Waals surface area contributed by atoms with Crippen LogP contribution in [0.5, 0.6) is 5.75 Å². The average Bonchev–Trinajstić information content (AvgIpc) is 2.67. The Morgan fingerprint density at radius 2 is 1.84 bits per heavy atom. The number of terminal acetylenes is 1. The third kappa shape index (κ3) is 4.45. The third-order valence-corrected chi connectivity index (χ3v) is 6.22. The highest BCUT2D eigenvalue weighted by molar-refractivity contribution is 6.32. The molecule has 0 radical (unpaired) electrons. The number of aliphatic carboxylic acids is 1. The quantitative estimate of drug-likeness (QED) is 0.497. The van der Waals surface area contributed by atoms with E-state index in [1.165, 1.54) is 0 Å². The number of carbonyl (C=O) groups is 2. The van der Waals surface area contributed by atoms with Gasteiger partial charge in [0.2, 0.25) is 0 Å². The van der Waals surface area contributed by atoms with Crippen LogP contribution in [-0.4, -0.2) is 34.8 Å². The summed E-state index contributed by atoms with van der Waals surface area (Å²) in [4.78, 5) is 25.4. The molecule has 1 aromatic rings. The highest BCUT2D eigenvalue weighted by Crippen LogP contribution is 2.45. The predicted octanol–water partition coefficient (Wildman–Crippen LogP) is 4.95. The lowest BCUT2D eigenvalue weighted by molar-refractivity contribution is -0.210. The van der Waals surface area contributed by atoms with Crippen molar-refractivity contribution in [3.63, 3.8) is 0 Å². The molecular weight excluding hydrogens is 442 g/mol. The lowest BCUT2D eigenvalue weighted by Gasteiger charge is -2.42. The highest BCUT2D eigenvalue weighted by Gasteiger charge is 2.50. The Morgan fingerprint density at radius 3 is 2.35 bits per heavy atom. The first-order valence-corrected chi connectivity index (χ1v) is 10.1. The van der Waals surface area contributed by atoms with Gasteiger partial charge in [-0.25, -0.2) is 9.18 Å². The molecule has 1 N–H and O–H groups in total. The number of benzene rings is 1. The van der Waals surface area contributed by atoms with Gasteiger partial charge in [-0.15, -0.1) is 6.42 Å². The Kier molecular flexibility index (Phi) is 6.42. The number of carbonyl (C=O) groups excluding carboxylic acids is 1. The SMILES string of the molecule is C#CC(=O)N(c1cc(Cl)c(OC2CC(C(F)(F)F)C2)cc1F)C1(C(=O)O)CCCCC1. The van der Waals surface area contributed by atoms with E-state index in [-0.39, 0.29) is 36.5 Å². The molecule has 0 saturated heterocycles. The number of hydrogen-bond acceptors (Lipinski definition) is 3. The van der Waals surface area contributed by atoms with Crippen LogP contribution < -0.4 is 9.64 Å². The van der Waals surface area contributed by atoms with Crippen molar-refractivity contribution in [2.45, 2.75) is 62.8 Å². The minimum absolute atomic E-state index is 0.0893. The normalized spacial score (nSPS) is 22.7. The molecule has 2 aliphatic rings. The smallest absolute Gasteiger partial charge is 0.392 e. The molecule has 0 bridgehead atoms. The number of halogens is 5. The van der Waals surface area contributed by atoms with Crippen LogP contribution in [0.4, 0.5) is 23.2 Å². The van der Waals surface area contributed by atoms with Gasteiger partial charge < -0.3 is 9.84 Å². The van der Waals surface area contributed by atoms with Crippen LogP contribution in [0.15, 0.2) is 12.1 Å². The molecular formula is C21H20ClF4NO4. The zero-order valence-electron chi connectivity index (χ0n) is 16.3. The first kappa shape index (κ1) is 23.2. The van der Waals surface area contributed by atoms with Gasteiger partial charge in [0.1, 0.15) is 11.3 Å². The number of amides is 1. The van der Waals surface area contributed by atoms with Gasteiger partial charge in [0.05, 0.1) is 22.7 Å². The summed E-state index contributed by atoms with van der Waals surface area (Å²) in [5, 5.41) is 9.73. The molecule has 31 heavy (non-hydrogen) atoms. The van der Waals surface area contributed by atoms with Crippen LogP contribution >= 0.6 is 11.6 Å². The average molecular weight is 462 g/mol. The molecule has 3 rings (SSSR count). The van der Waals surface area contributed by atoms with Gasteiger partial charge in [-0.1, -0.05) is 30.9 Å². The Balaban J connectivity index is 1.91. The van der Waals surface area contributed by atoms with Crippen molar-refractivity contribution in [1.82, 2.24) is 0 Å². The first-order chi connectivity index (χ1) is 14.5. The number of ether oxygens (including phenoxy) is 1. The van der Waals surface area contributed by atoms with E-state index in [2.05, 4.69) is 0 Å². The molecule has 0 unspecified atom stereocenters. The molecule has 168 valence electrons. The Morgan fingerprint density at radius 1 is 1.23 bits per heavy atom. The summed E-state index contributed by atoms with van der Waals surface area (Å²) in [5.74, 6) is -3.17. The minimum atomic E-state index is -4.32. The van der Waals surface area contributed by atoms with E-state index in [1.807, 2.05) is 5.92 Å². The van der Waals surface area contributed by atoms with E-state index >= 15 is 4.39 Å². The Hall–Kier alpha value is -2.47. The fraction of sp³-hybridized carbons (Fsp3) is 0.524. The fourth-order valence-corrected chi connectivity index (χ4v) is 4.36. The van der Waals surface area contributed by atoms with E-state index in [4.69, 9.17) is 22.8 Å². The second-order valence-electron chi connectivity index (χ2n) is 7.87. The summed E-state index contributed by atoms with van der Waals surface area (Å²) in [6, 6.07) is 1.87. The maximum atomic E-state index is 15.0. The topological polar surface area (TPSA) is 66.8 Å². The van der Waals surface area contributed by atoms with Gasteiger partial charge in [0, 0.05) is 6.07 Å². The number of rotatable bonds is 5. The van der Waals surface area contributed by atoms with Crippen molar-refractivity contribution in [3.8, 4) is 18.1 Å². The van der Waals surface area contributed by atoms with Crippen LogP contribution in [0.1, 0.15) is 44.9 Å². The first-order valence-electron chi connectivity index (χ1n) is 9.76. The number of hydrogen-bond donors (Lipinski definition) is 1. The number of anilines is 1. The largest absolute Gasteiger partial charge is 0.489 e. The number of nitrogens with zero attached hydrogens (tertiary/aromatic N) is 1. The van der Waals surface area contributed by atoms with Gasteiger partial charge >= 0.3 is 18.1 Å². The number of alkyl halides is 3. The number of carboxylic acid groups (broad SMARTS) is 1. The van der Waals surface area contributed by atoms with Gasteiger partial charge in [-0.05, 0) is 37.7 Å². The second-order valence-corrected chi connectivity index (χ2v) is 8.27.